The number of ether oxygens (including phenoxy) is 1. The van der Waals surface area contributed by atoms with Crippen LogP contribution >= 0.6 is 0 Å². The number of benzene rings is 3. The number of hydrogen-bond acceptors (Lipinski definition) is 8. The standard InChI is InChI=1S/C34H38FN5O6S/c1-5-20-16-26(30(35)28(17-20)46-4)31(38-22-9-11-24-21(18-22)13-14-37-32(24)36)33(41)40-15-7-8-27(40)25-19-23(39(3)34(42)43)10-12-29(25)47(44,45)6-2/h9-14,16-19,27,31,38H,5-8,15H2,1-4H3,(H2,36,37)(H,42,43)/t27-,31+/m1/s1. The third kappa shape index (κ3) is 6.53. The van der Waals surface area contributed by atoms with E-state index < -0.39 is 39.7 Å². The first-order valence-electron chi connectivity index (χ1n) is 15.3. The summed E-state index contributed by atoms with van der Waals surface area (Å²) in [5, 5.41) is 14.4. The van der Waals surface area contributed by atoms with E-state index in [1.54, 1.807) is 47.5 Å². The van der Waals surface area contributed by atoms with Crippen LogP contribution < -0.4 is 20.7 Å². The molecule has 0 aliphatic carbocycles. The molecule has 4 aromatic rings. The average molecular weight is 664 g/mol. The zero-order valence-corrected chi connectivity index (χ0v) is 27.5. The number of sulfone groups is 1. The Balaban J connectivity index is 1.65. The number of nitrogens with one attached hydrogen (secondary N) is 1. The van der Waals surface area contributed by atoms with Gasteiger partial charge in [-0.05, 0) is 84.3 Å². The van der Waals surface area contributed by atoms with E-state index >= 15 is 4.39 Å². The molecule has 3 aromatic carbocycles. The Labute approximate surface area is 273 Å². The number of halogens is 1. The van der Waals surface area contributed by atoms with Gasteiger partial charge in [-0.3, -0.25) is 9.69 Å². The molecule has 47 heavy (non-hydrogen) atoms. The molecule has 1 saturated heterocycles. The molecular formula is C34H38FN5O6S. The second-order valence-electron chi connectivity index (χ2n) is 11.4. The van der Waals surface area contributed by atoms with Gasteiger partial charge in [0.25, 0.3) is 0 Å². The van der Waals surface area contributed by atoms with Gasteiger partial charge in [0.05, 0.1) is 23.8 Å². The summed E-state index contributed by atoms with van der Waals surface area (Å²) in [6.45, 7) is 3.71. The Morgan fingerprint density at radius 2 is 1.94 bits per heavy atom. The quantitative estimate of drug-likeness (QED) is 0.187. The molecule has 5 rings (SSSR count). The van der Waals surface area contributed by atoms with Crippen molar-refractivity contribution in [2.75, 3.05) is 42.4 Å². The largest absolute Gasteiger partial charge is 0.494 e. The highest BCUT2D eigenvalue weighted by Crippen LogP contribution is 2.41. The fourth-order valence-corrected chi connectivity index (χ4v) is 7.19. The zero-order valence-electron chi connectivity index (χ0n) is 26.7. The van der Waals surface area contributed by atoms with Gasteiger partial charge in [0.2, 0.25) is 5.91 Å². The first-order chi connectivity index (χ1) is 22.4. The van der Waals surface area contributed by atoms with E-state index in [-0.39, 0.29) is 34.2 Å². The molecule has 0 bridgehead atoms. The molecule has 1 fully saturated rings. The summed E-state index contributed by atoms with van der Waals surface area (Å²) in [4.78, 5) is 33.2. The van der Waals surface area contributed by atoms with Crippen molar-refractivity contribution in [2.45, 2.75) is 50.1 Å². The lowest BCUT2D eigenvalue weighted by Crippen LogP contribution is -2.38. The van der Waals surface area contributed by atoms with Gasteiger partial charge in [0.15, 0.2) is 21.4 Å². The number of rotatable bonds is 10. The van der Waals surface area contributed by atoms with Crippen molar-refractivity contribution in [3.63, 3.8) is 0 Å². The molecule has 2 amide bonds. The van der Waals surface area contributed by atoms with E-state index in [0.717, 1.165) is 21.2 Å². The van der Waals surface area contributed by atoms with Crippen LogP contribution in [0.3, 0.4) is 0 Å². The third-order valence-electron chi connectivity index (χ3n) is 8.70. The van der Waals surface area contributed by atoms with Gasteiger partial charge >= 0.3 is 6.09 Å². The molecule has 248 valence electrons. The van der Waals surface area contributed by atoms with E-state index in [9.17, 15) is 23.1 Å². The number of aromatic nitrogens is 1. The highest BCUT2D eigenvalue weighted by Gasteiger charge is 2.39. The molecule has 0 spiro atoms. The van der Waals surface area contributed by atoms with E-state index in [0.29, 0.717) is 36.3 Å². The van der Waals surface area contributed by atoms with Crippen LogP contribution in [0.15, 0.2) is 65.7 Å². The summed E-state index contributed by atoms with van der Waals surface area (Å²) in [5.41, 5.74) is 7.98. The molecule has 1 aliphatic rings. The predicted molar refractivity (Wildman–Crippen MR) is 179 cm³/mol. The number of pyridine rings is 1. The second kappa shape index (κ2) is 13.4. The number of anilines is 3. The molecule has 0 saturated carbocycles. The van der Waals surface area contributed by atoms with Crippen LogP contribution in [-0.2, 0) is 21.1 Å². The van der Waals surface area contributed by atoms with Gasteiger partial charge < -0.3 is 25.8 Å². The van der Waals surface area contributed by atoms with Gasteiger partial charge in [0, 0.05) is 42.1 Å². The monoisotopic (exact) mass is 663 g/mol. The van der Waals surface area contributed by atoms with Gasteiger partial charge in [-0.25, -0.2) is 22.6 Å². The average Bonchev–Trinajstić information content (AvgIpc) is 3.56. The number of carbonyl (C=O) groups is 2. The lowest BCUT2D eigenvalue weighted by molar-refractivity contribution is -0.133. The summed E-state index contributed by atoms with van der Waals surface area (Å²) in [5.74, 6) is -1.01. The van der Waals surface area contributed by atoms with E-state index in [1.165, 1.54) is 39.3 Å². The minimum Gasteiger partial charge on any atom is -0.494 e. The lowest BCUT2D eigenvalue weighted by atomic mass is 9.98. The fourth-order valence-electron chi connectivity index (χ4n) is 6.05. The topological polar surface area (TPSA) is 155 Å². The number of hydrogen-bond donors (Lipinski definition) is 3. The minimum atomic E-state index is -3.76. The van der Waals surface area contributed by atoms with E-state index in [4.69, 9.17) is 10.5 Å². The van der Waals surface area contributed by atoms with E-state index in [2.05, 4.69) is 10.3 Å². The number of aryl methyl sites for hydroxylation is 1. The molecule has 11 nitrogen and oxygen atoms in total. The number of nitrogens with two attached hydrogens (primary N) is 1. The van der Waals surface area contributed by atoms with Crippen LogP contribution in [0.1, 0.15) is 55.5 Å². The maximum absolute atomic E-state index is 16.1. The number of likely N-dealkylation sites (tertiary alicyclic amines) is 1. The fraction of sp³-hybridized carbons (Fsp3) is 0.324. The van der Waals surface area contributed by atoms with Crippen molar-refractivity contribution in [1.29, 1.82) is 0 Å². The Bertz CT molecular complexity index is 1950. The summed E-state index contributed by atoms with van der Waals surface area (Å²) in [6.07, 6.45) is 1.89. The smallest absolute Gasteiger partial charge is 0.411 e. The van der Waals surface area contributed by atoms with Crippen molar-refractivity contribution in [3.05, 3.63) is 83.3 Å². The zero-order chi connectivity index (χ0) is 34.0. The highest BCUT2D eigenvalue weighted by atomic mass is 32.2. The Kier molecular flexibility index (Phi) is 9.57. The molecule has 2 atom stereocenters. The number of nitrogens with zero attached hydrogens (tertiary/aromatic N) is 3. The van der Waals surface area contributed by atoms with Crippen molar-refractivity contribution in [1.82, 2.24) is 9.88 Å². The SMILES string of the molecule is CCc1cc(OC)c(F)c([C@H](Nc2ccc3c(N)nccc3c2)C(=O)N2CCC[C@@H]2c2cc(N(C)C(=O)O)ccc2S(=O)(=O)CC)c1. The molecule has 1 aromatic heterocycles. The highest BCUT2D eigenvalue weighted by molar-refractivity contribution is 7.91. The Hall–Kier alpha value is -4.91. The summed E-state index contributed by atoms with van der Waals surface area (Å²) in [7, 11) is -1.04. The number of carboxylic acid groups (broad SMARTS) is 1. The van der Waals surface area contributed by atoms with Crippen LogP contribution in [0.25, 0.3) is 10.8 Å². The predicted octanol–water partition coefficient (Wildman–Crippen LogP) is 5.95. The molecular weight excluding hydrogens is 625 g/mol. The summed E-state index contributed by atoms with van der Waals surface area (Å²) < 4.78 is 48.0. The lowest BCUT2D eigenvalue weighted by Gasteiger charge is -2.32. The van der Waals surface area contributed by atoms with Crippen molar-refractivity contribution in [2.24, 2.45) is 0 Å². The van der Waals surface area contributed by atoms with Crippen LogP contribution in [0.2, 0.25) is 0 Å². The summed E-state index contributed by atoms with van der Waals surface area (Å²) in [6, 6.07) is 12.7. The number of carbonyl (C=O) groups excluding carboxylic acids is 1. The number of fused-ring (bicyclic) bond motifs is 1. The molecule has 4 N–H and O–H groups in total. The van der Waals surface area contributed by atoms with Crippen LogP contribution in [0, 0.1) is 5.82 Å². The maximum atomic E-state index is 16.1. The van der Waals surface area contributed by atoms with E-state index in [1.807, 2.05) is 6.92 Å². The maximum Gasteiger partial charge on any atom is 0.411 e. The first kappa shape index (κ1) is 33.5. The molecule has 1 aliphatic heterocycles. The Morgan fingerprint density at radius 1 is 1.17 bits per heavy atom. The van der Waals surface area contributed by atoms with Gasteiger partial charge in [-0.2, -0.15) is 0 Å². The van der Waals surface area contributed by atoms with Gasteiger partial charge in [-0.15, -0.1) is 0 Å². The molecule has 0 radical (unpaired) electrons. The number of nitrogen functional groups attached to an aromatic ring is 1. The second-order valence-corrected chi connectivity index (χ2v) is 13.7. The molecule has 13 heteroatoms. The summed E-state index contributed by atoms with van der Waals surface area (Å²) >= 11 is 0. The minimum absolute atomic E-state index is 0.00462. The van der Waals surface area contributed by atoms with Gasteiger partial charge in [0.1, 0.15) is 11.9 Å². The van der Waals surface area contributed by atoms with Crippen LogP contribution in [-0.4, -0.2) is 61.9 Å². The van der Waals surface area contributed by atoms with Gasteiger partial charge in [-0.1, -0.05) is 19.9 Å². The first-order valence-corrected chi connectivity index (χ1v) is 17.0. The van der Waals surface area contributed by atoms with Crippen LogP contribution in [0.4, 0.5) is 26.4 Å². The van der Waals surface area contributed by atoms with Crippen molar-refractivity contribution < 1.29 is 32.2 Å². The normalized spacial score (nSPS) is 15.4. The van der Waals surface area contributed by atoms with Crippen molar-refractivity contribution in [3.8, 4) is 5.75 Å². The van der Waals surface area contributed by atoms with Crippen molar-refractivity contribution >= 4 is 49.8 Å². The van der Waals surface area contributed by atoms with Crippen LogP contribution in [0.5, 0.6) is 5.75 Å². The molecule has 2 heterocycles. The third-order valence-corrected chi connectivity index (χ3v) is 10.5. The number of methoxy groups -OCH3 is 1. The molecule has 0 unspecified atom stereocenters. The number of amides is 2. The Morgan fingerprint density at radius 3 is 2.62 bits per heavy atom.